The first-order valence-corrected chi connectivity index (χ1v) is 8.41. The number of phenolic OH excluding ortho intramolecular Hbond substituents is 1. The largest absolute Gasteiger partial charge is 0.507 e. The second-order valence-electron chi connectivity index (χ2n) is 7.17. The zero-order valence-corrected chi connectivity index (χ0v) is 15.0. The van der Waals surface area contributed by atoms with Crippen molar-refractivity contribution in [1.29, 1.82) is 0 Å². The molecule has 0 aliphatic carbocycles. The van der Waals surface area contributed by atoms with Crippen LogP contribution in [0.3, 0.4) is 0 Å². The average molecular weight is 356 g/mol. The highest BCUT2D eigenvalue weighted by Crippen LogP contribution is 2.41. The van der Waals surface area contributed by atoms with Crippen LogP contribution in [-0.2, 0) is 5.41 Å². The topological polar surface area (TPSA) is 66.8 Å². The van der Waals surface area contributed by atoms with Crippen LogP contribution in [0, 0.1) is 0 Å². The van der Waals surface area contributed by atoms with E-state index >= 15 is 0 Å². The first kappa shape index (κ1) is 18.0. The first-order chi connectivity index (χ1) is 12.2. The average Bonchev–Trinajstić information content (AvgIpc) is 2.60. The summed E-state index contributed by atoms with van der Waals surface area (Å²) >= 11 is 0. The third-order valence-corrected chi connectivity index (χ3v) is 4.94. The van der Waals surface area contributed by atoms with Crippen LogP contribution in [0.5, 0.6) is 11.5 Å². The Hall–Kier alpha value is -2.82. The minimum atomic E-state index is -1.18. The van der Waals surface area contributed by atoms with Crippen LogP contribution in [0.4, 0.5) is 4.39 Å². The number of phenols is 1. The Labute approximate surface area is 151 Å². The fourth-order valence-electron chi connectivity index (χ4n) is 3.15. The van der Waals surface area contributed by atoms with Crippen LogP contribution < -0.4 is 4.74 Å². The standard InChI is InChI=1S/C21H21FO4/c1-12(19(22)15-6-4-14(20(24)25)11-17(15)23)13-5-7-18-16(10-13)21(2,3)8-9-26-18/h4-7,10-11,23H,8-9H2,1-3H3,(H,24,25). The highest BCUT2D eigenvalue weighted by atomic mass is 19.1. The molecule has 0 unspecified atom stereocenters. The second-order valence-corrected chi connectivity index (χ2v) is 7.17. The molecule has 0 fully saturated rings. The quantitative estimate of drug-likeness (QED) is 0.759. The number of halogens is 1. The summed E-state index contributed by atoms with van der Waals surface area (Å²) in [6, 6.07) is 9.16. The van der Waals surface area contributed by atoms with Crippen molar-refractivity contribution in [3.8, 4) is 11.5 Å². The Balaban J connectivity index is 2.05. The summed E-state index contributed by atoms with van der Waals surface area (Å²) in [7, 11) is 0. The maximum atomic E-state index is 15.0. The van der Waals surface area contributed by atoms with E-state index in [0.717, 1.165) is 23.8 Å². The number of carboxylic acids is 1. The zero-order chi connectivity index (χ0) is 19.1. The third kappa shape index (κ3) is 3.17. The van der Waals surface area contributed by atoms with Gasteiger partial charge in [0.25, 0.3) is 0 Å². The van der Waals surface area contributed by atoms with E-state index in [2.05, 4.69) is 13.8 Å². The molecule has 3 rings (SSSR count). The Morgan fingerprint density at radius 2 is 1.85 bits per heavy atom. The number of ether oxygens (including phenoxy) is 1. The van der Waals surface area contributed by atoms with E-state index in [-0.39, 0.29) is 16.5 Å². The number of benzene rings is 2. The number of hydrogen-bond donors (Lipinski definition) is 2. The maximum absolute atomic E-state index is 15.0. The van der Waals surface area contributed by atoms with Crippen LogP contribution in [0.1, 0.15) is 54.2 Å². The van der Waals surface area contributed by atoms with Crippen LogP contribution >= 0.6 is 0 Å². The fraction of sp³-hybridized carbons (Fsp3) is 0.286. The van der Waals surface area contributed by atoms with E-state index in [9.17, 15) is 14.3 Å². The number of carboxylic acid groups (broad SMARTS) is 1. The van der Waals surface area contributed by atoms with E-state index in [0.29, 0.717) is 17.7 Å². The van der Waals surface area contributed by atoms with Gasteiger partial charge in [0.2, 0.25) is 0 Å². The lowest BCUT2D eigenvalue weighted by Gasteiger charge is -2.32. The van der Waals surface area contributed by atoms with Crippen LogP contribution in [0.15, 0.2) is 36.4 Å². The van der Waals surface area contributed by atoms with Crippen molar-refractivity contribution >= 4 is 17.4 Å². The lowest BCUT2D eigenvalue weighted by molar-refractivity contribution is 0.0696. The number of fused-ring (bicyclic) bond motifs is 1. The Bertz CT molecular complexity index is 912. The number of aromatic carboxylic acids is 1. The number of carbonyl (C=O) groups is 1. The van der Waals surface area contributed by atoms with E-state index in [1.54, 1.807) is 13.0 Å². The molecule has 1 aliphatic rings. The van der Waals surface area contributed by atoms with Crippen molar-refractivity contribution in [2.24, 2.45) is 0 Å². The Kier molecular flexibility index (Phi) is 4.48. The maximum Gasteiger partial charge on any atom is 0.335 e. The Morgan fingerprint density at radius 3 is 2.50 bits per heavy atom. The summed E-state index contributed by atoms with van der Waals surface area (Å²) in [6.07, 6.45) is 0.881. The summed E-state index contributed by atoms with van der Waals surface area (Å²) in [5.74, 6) is -1.35. The summed E-state index contributed by atoms with van der Waals surface area (Å²) in [6.45, 7) is 6.55. The van der Waals surface area contributed by atoms with Gasteiger partial charge in [0.15, 0.2) is 0 Å². The summed E-state index contributed by atoms with van der Waals surface area (Å²) in [4.78, 5) is 11.0. The molecule has 2 aromatic carbocycles. The smallest absolute Gasteiger partial charge is 0.335 e. The van der Waals surface area contributed by atoms with E-state index in [1.807, 2.05) is 12.1 Å². The van der Waals surface area contributed by atoms with Gasteiger partial charge in [-0.3, -0.25) is 0 Å². The van der Waals surface area contributed by atoms with Gasteiger partial charge in [-0.1, -0.05) is 19.9 Å². The molecule has 0 atom stereocenters. The van der Waals surface area contributed by atoms with Gasteiger partial charge >= 0.3 is 5.97 Å². The molecular weight excluding hydrogens is 335 g/mol. The molecule has 0 aromatic heterocycles. The molecule has 1 aliphatic heterocycles. The van der Waals surface area contributed by atoms with E-state index in [4.69, 9.17) is 9.84 Å². The molecule has 0 bridgehead atoms. The van der Waals surface area contributed by atoms with E-state index in [1.165, 1.54) is 12.1 Å². The normalized spacial score (nSPS) is 16.3. The van der Waals surface area contributed by atoms with Crippen molar-refractivity contribution in [2.75, 3.05) is 6.61 Å². The molecule has 136 valence electrons. The molecule has 26 heavy (non-hydrogen) atoms. The van der Waals surface area contributed by atoms with Crippen molar-refractivity contribution < 1.29 is 24.1 Å². The van der Waals surface area contributed by atoms with Crippen molar-refractivity contribution in [1.82, 2.24) is 0 Å². The molecule has 2 aromatic rings. The molecule has 5 heteroatoms. The van der Waals surface area contributed by atoms with Crippen LogP contribution in [0.2, 0.25) is 0 Å². The molecule has 2 N–H and O–H groups in total. The minimum absolute atomic E-state index is 0.0271. The second kappa shape index (κ2) is 6.48. The summed E-state index contributed by atoms with van der Waals surface area (Å²) in [5, 5.41) is 19.0. The van der Waals surface area contributed by atoms with Gasteiger partial charge in [-0.2, -0.15) is 0 Å². The van der Waals surface area contributed by atoms with Gasteiger partial charge in [-0.05, 0) is 60.2 Å². The lowest BCUT2D eigenvalue weighted by atomic mass is 9.79. The lowest BCUT2D eigenvalue weighted by Crippen LogP contribution is -2.26. The van der Waals surface area contributed by atoms with Gasteiger partial charge in [0.1, 0.15) is 17.3 Å². The predicted octanol–water partition coefficient (Wildman–Crippen LogP) is 5.01. The van der Waals surface area contributed by atoms with Gasteiger partial charge < -0.3 is 14.9 Å². The van der Waals surface area contributed by atoms with E-state index < -0.39 is 17.5 Å². The van der Waals surface area contributed by atoms with Gasteiger partial charge in [-0.25, -0.2) is 9.18 Å². The van der Waals surface area contributed by atoms with Crippen molar-refractivity contribution in [3.63, 3.8) is 0 Å². The molecule has 0 radical (unpaired) electrons. The number of rotatable bonds is 3. The highest BCUT2D eigenvalue weighted by molar-refractivity contribution is 5.92. The van der Waals surface area contributed by atoms with Crippen LogP contribution in [0.25, 0.3) is 11.4 Å². The first-order valence-electron chi connectivity index (χ1n) is 8.41. The number of allylic oxidation sites excluding steroid dienone is 1. The molecule has 0 saturated carbocycles. The molecular formula is C21H21FO4. The van der Waals surface area contributed by atoms with Crippen molar-refractivity contribution in [2.45, 2.75) is 32.6 Å². The van der Waals surface area contributed by atoms with Crippen molar-refractivity contribution in [3.05, 3.63) is 58.7 Å². The summed E-state index contributed by atoms with van der Waals surface area (Å²) < 4.78 is 20.7. The molecule has 0 amide bonds. The predicted molar refractivity (Wildman–Crippen MR) is 98.2 cm³/mol. The zero-order valence-electron chi connectivity index (χ0n) is 15.0. The molecule has 4 nitrogen and oxygen atoms in total. The molecule has 1 heterocycles. The fourth-order valence-corrected chi connectivity index (χ4v) is 3.15. The minimum Gasteiger partial charge on any atom is -0.507 e. The number of hydrogen-bond acceptors (Lipinski definition) is 3. The third-order valence-electron chi connectivity index (χ3n) is 4.94. The highest BCUT2D eigenvalue weighted by Gasteiger charge is 2.29. The molecule has 0 saturated heterocycles. The van der Waals surface area contributed by atoms with Crippen LogP contribution in [-0.4, -0.2) is 22.8 Å². The monoisotopic (exact) mass is 356 g/mol. The number of aromatic hydroxyl groups is 1. The van der Waals surface area contributed by atoms with Gasteiger partial charge in [0, 0.05) is 5.56 Å². The molecule has 0 spiro atoms. The Morgan fingerprint density at radius 1 is 1.15 bits per heavy atom. The van der Waals surface area contributed by atoms with Gasteiger partial charge in [0.05, 0.1) is 17.7 Å². The summed E-state index contributed by atoms with van der Waals surface area (Å²) in [5.41, 5.74) is 1.91. The van der Waals surface area contributed by atoms with Gasteiger partial charge in [-0.15, -0.1) is 0 Å². The SMILES string of the molecule is CC(=C(F)c1ccc(C(=O)O)cc1O)c1ccc2c(c1)C(C)(C)CCO2.